The summed E-state index contributed by atoms with van der Waals surface area (Å²) in [5.74, 6) is 0. The summed E-state index contributed by atoms with van der Waals surface area (Å²) in [6, 6.07) is 7.46. The highest BCUT2D eigenvalue weighted by Gasteiger charge is 2.14. The Labute approximate surface area is 75.9 Å². The zero-order valence-electron chi connectivity index (χ0n) is 8.39. The lowest BCUT2D eigenvalue weighted by atomic mass is 10.3. The first-order valence-corrected chi connectivity index (χ1v) is 8.11. The van der Waals surface area contributed by atoms with Crippen molar-refractivity contribution in [3.8, 4) is 0 Å². The van der Waals surface area contributed by atoms with E-state index >= 15 is 0 Å². The molecule has 0 saturated carbocycles. The molecular weight excluding hydrogens is 162 g/mol. The van der Waals surface area contributed by atoms with Crippen molar-refractivity contribution in [1.82, 2.24) is 4.98 Å². The van der Waals surface area contributed by atoms with Crippen molar-refractivity contribution >= 4 is 8.07 Å². The summed E-state index contributed by atoms with van der Waals surface area (Å²) < 4.78 is 0. The van der Waals surface area contributed by atoms with Crippen molar-refractivity contribution in [2.75, 3.05) is 0 Å². The maximum Gasteiger partial charge on any atom is 0.0506 e. The summed E-state index contributed by atoms with van der Waals surface area (Å²) in [4.78, 5) is 4.49. The number of pyridine rings is 1. The van der Waals surface area contributed by atoms with Crippen molar-refractivity contribution in [3.05, 3.63) is 29.6 Å². The predicted molar refractivity (Wildman–Crippen MR) is 56.0 cm³/mol. The van der Waals surface area contributed by atoms with Gasteiger partial charge in [0.2, 0.25) is 0 Å². The SMILES string of the molecule is Cc1cccc(C[Si](C)(C)C)n1. The molecule has 0 aliphatic rings. The first kappa shape index (κ1) is 9.45. The molecule has 0 fully saturated rings. The van der Waals surface area contributed by atoms with Crippen molar-refractivity contribution in [2.45, 2.75) is 32.6 Å². The van der Waals surface area contributed by atoms with Crippen molar-refractivity contribution in [2.24, 2.45) is 0 Å². The van der Waals surface area contributed by atoms with Gasteiger partial charge in [-0.15, -0.1) is 0 Å². The normalized spacial score (nSPS) is 11.7. The fourth-order valence-electron chi connectivity index (χ4n) is 1.24. The number of hydrogen-bond acceptors (Lipinski definition) is 1. The minimum Gasteiger partial charge on any atom is -0.258 e. The number of aromatic nitrogens is 1. The van der Waals surface area contributed by atoms with Gasteiger partial charge in [-0.25, -0.2) is 0 Å². The molecule has 0 aromatic carbocycles. The Kier molecular flexibility index (Phi) is 2.68. The highest BCUT2D eigenvalue weighted by atomic mass is 28.3. The number of rotatable bonds is 2. The van der Waals surface area contributed by atoms with Crippen LogP contribution in [0.25, 0.3) is 0 Å². The van der Waals surface area contributed by atoms with E-state index < -0.39 is 8.07 Å². The molecule has 12 heavy (non-hydrogen) atoms. The van der Waals surface area contributed by atoms with E-state index in [1.807, 2.05) is 13.0 Å². The Balaban J connectivity index is 2.77. The fourth-order valence-corrected chi connectivity index (χ4v) is 2.52. The minimum atomic E-state index is -0.983. The van der Waals surface area contributed by atoms with Gasteiger partial charge in [-0.3, -0.25) is 4.98 Å². The van der Waals surface area contributed by atoms with Crippen LogP contribution in [0.3, 0.4) is 0 Å². The Bertz CT molecular complexity index is 263. The van der Waals surface area contributed by atoms with Crippen LogP contribution in [0.2, 0.25) is 19.6 Å². The summed E-state index contributed by atoms with van der Waals surface area (Å²) in [6.07, 6.45) is 0. The van der Waals surface area contributed by atoms with Crippen LogP contribution in [0.4, 0.5) is 0 Å². The van der Waals surface area contributed by atoms with E-state index in [9.17, 15) is 0 Å². The molecule has 0 aliphatic carbocycles. The molecule has 2 heteroatoms. The van der Waals surface area contributed by atoms with Gasteiger partial charge in [-0.2, -0.15) is 0 Å². The van der Waals surface area contributed by atoms with Crippen LogP contribution in [0, 0.1) is 6.92 Å². The van der Waals surface area contributed by atoms with Gasteiger partial charge >= 0.3 is 0 Å². The summed E-state index contributed by atoms with van der Waals surface area (Å²) in [6.45, 7) is 9.17. The average molecular weight is 179 g/mol. The van der Waals surface area contributed by atoms with Gasteiger partial charge in [0.25, 0.3) is 0 Å². The molecule has 1 aromatic heterocycles. The molecular formula is C10H17NSi. The van der Waals surface area contributed by atoms with Gasteiger partial charge in [0.15, 0.2) is 0 Å². The van der Waals surface area contributed by atoms with Gasteiger partial charge in [0.05, 0.1) is 8.07 Å². The second-order valence-corrected chi connectivity index (χ2v) is 9.98. The third kappa shape index (κ3) is 3.18. The summed E-state index contributed by atoms with van der Waals surface area (Å²) in [5, 5.41) is 0. The third-order valence-corrected chi connectivity index (χ3v) is 3.08. The molecule has 0 saturated heterocycles. The van der Waals surface area contributed by atoms with Crippen LogP contribution in [-0.2, 0) is 6.04 Å². The molecule has 0 spiro atoms. The second kappa shape index (κ2) is 3.40. The third-order valence-electron chi connectivity index (χ3n) is 1.66. The molecule has 0 radical (unpaired) electrons. The lowest BCUT2D eigenvalue weighted by Crippen LogP contribution is -2.24. The first-order valence-electron chi connectivity index (χ1n) is 4.40. The lowest BCUT2D eigenvalue weighted by molar-refractivity contribution is 1.08. The van der Waals surface area contributed by atoms with Crippen LogP contribution in [0.5, 0.6) is 0 Å². The molecule has 0 N–H and O–H groups in total. The van der Waals surface area contributed by atoms with E-state index in [4.69, 9.17) is 0 Å². The molecule has 66 valence electrons. The zero-order valence-corrected chi connectivity index (χ0v) is 9.39. The monoisotopic (exact) mass is 179 g/mol. The van der Waals surface area contributed by atoms with Crippen molar-refractivity contribution in [1.29, 1.82) is 0 Å². The second-order valence-electron chi connectivity index (χ2n) is 4.51. The quantitative estimate of drug-likeness (QED) is 0.636. The molecule has 0 amide bonds. The van der Waals surface area contributed by atoms with Gasteiger partial charge in [-0.1, -0.05) is 25.7 Å². The Morgan fingerprint density at radius 2 is 1.92 bits per heavy atom. The van der Waals surface area contributed by atoms with Gasteiger partial charge < -0.3 is 0 Å². The predicted octanol–water partition coefficient (Wildman–Crippen LogP) is 2.81. The molecule has 0 atom stereocenters. The van der Waals surface area contributed by atoms with E-state index in [1.165, 1.54) is 11.7 Å². The van der Waals surface area contributed by atoms with Crippen molar-refractivity contribution < 1.29 is 0 Å². The highest BCUT2D eigenvalue weighted by Crippen LogP contribution is 2.09. The number of hydrogen-bond donors (Lipinski definition) is 0. The molecule has 1 heterocycles. The van der Waals surface area contributed by atoms with Crippen molar-refractivity contribution in [3.63, 3.8) is 0 Å². The fraction of sp³-hybridized carbons (Fsp3) is 0.500. The standard InChI is InChI=1S/C10H17NSi/c1-9-6-5-7-10(11-9)8-12(2,3)4/h5-7H,8H2,1-4H3. The molecule has 0 unspecified atom stereocenters. The first-order chi connectivity index (χ1) is 5.47. The molecule has 1 aromatic rings. The summed E-state index contributed by atoms with van der Waals surface area (Å²) >= 11 is 0. The average Bonchev–Trinajstić information content (AvgIpc) is 1.82. The summed E-state index contributed by atoms with van der Waals surface area (Å²) in [7, 11) is -0.983. The van der Waals surface area contributed by atoms with E-state index in [0.29, 0.717) is 0 Å². The Hall–Kier alpha value is -0.633. The molecule has 1 rings (SSSR count). The van der Waals surface area contributed by atoms with Crippen LogP contribution in [-0.4, -0.2) is 13.1 Å². The van der Waals surface area contributed by atoms with E-state index in [-0.39, 0.29) is 0 Å². The smallest absolute Gasteiger partial charge is 0.0506 e. The molecule has 1 nitrogen and oxygen atoms in total. The molecule has 0 bridgehead atoms. The van der Waals surface area contributed by atoms with Crippen LogP contribution >= 0.6 is 0 Å². The molecule has 0 aliphatic heterocycles. The van der Waals surface area contributed by atoms with Gasteiger partial charge in [0, 0.05) is 11.4 Å². The largest absolute Gasteiger partial charge is 0.258 e. The van der Waals surface area contributed by atoms with Gasteiger partial charge in [-0.05, 0) is 25.1 Å². The Morgan fingerprint density at radius 3 is 2.42 bits per heavy atom. The maximum absolute atomic E-state index is 4.49. The van der Waals surface area contributed by atoms with E-state index in [0.717, 1.165) is 5.69 Å². The number of nitrogens with zero attached hydrogens (tertiary/aromatic N) is 1. The van der Waals surface area contributed by atoms with Crippen LogP contribution in [0.1, 0.15) is 11.4 Å². The number of aryl methyl sites for hydroxylation is 1. The lowest BCUT2D eigenvalue weighted by Gasteiger charge is -2.14. The summed E-state index contributed by atoms with van der Waals surface area (Å²) in [5.41, 5.74) is 2.39. The minimum absolute atomic E-state index is 0.983. The Morgan fingerprint density at radius 1 is 1.25 bits per heavy atom. The maximum atomic E-state index is 4.49. The van der Waals surface area contributed by atoms with E-state index in [2.05, 4.69) is 36.8 Å². The van der Waals surface area contributed by atoms with Crippen LogP contribution < -0.4 is 0 Å². The van der Waals surface area contributed by atoms with Crippen LogP contribution in [0.15, 0.2) is 18.2 Å². The van der Waals surface area contributed by atoms with E-state index in [1.54, 1.807) is 0 Å². The zero-order chi connectivity index (χ0) is 9.19. The van der Waals surface area contributed by atoms with Gasteiger partial charge in [0.1, 0.15) is 0 Å². The topological polar surface area (TPSA) is 12.9 Å². The highest BCUT2D eigenvalue weighted by molar-refractivity contribution is 6.75.